The van der Waals surface area contributed by atoms with Crippen LogP contribution in [0.2, 0.25) is 0 Å². The van der Waals surface area contributed by atoms with E-state index in [2.05, 4.69) is 0 Å². The van der Waals surface area contributed by atoms with E-state index in [1.807, 2.05) is 6.92 Å². The van der Waals surface area contributed by atoms with Crippen molar-refractivity contribution in [2.75, 3.05) is 4.90 Å². The summed E-state index contributed by atoms with van der Waals surface area (Å²) in [5, 5.41) is 9.31. The molecule has 23 heavy (non-hydrogen) atoms. The van der Waals surface area contributed by atoms with Crippen LogP contribution in [0, 0.1) is 0 Å². The number of carboxylic acid groups (broad SMARTS) is 1. The fourth-order valence-electron chi connectivity index (χ4n) is 2.55. The number of aliphatic carboxylic acids is 1. The largest absolute Gasteiger partial charge is 0.480 e. The van der Waals surface area contributed by atoms with Crippen LogP contribution in [0.1, 0.15) is 50.9 Å². The van der Waals surface area contributed by atoms with E-state index < -0.39 is 23.5 Å². The SMILES string of the molecule is CCCC(=O)c1ccc2c(c1)N(C(C)C(=O)O)C(=O)C(C)(C)O2. The molecule has 6 nitrogen and oxygen atoms in total. The zero-order valence-corrected chi connectivity index (χ0v) is 13.8. The van der Waals surface area contributed by atoms with Crippen LogP contribution in [0.15, 0.2) is 18.2 Å². The van der Waals surface area contributed by atoms with Crippen LogP contribution in [-0.2, 0) is 9.59 Å². The lowest BCUT2D eigenvalue weighted by Crippen LogP contribution is -2.57. The van der Waals surface area contributed by atoms with Crippen LogP contribution in [-0.4, -0.2) is 34.4 Å². The van der Waals surface area contributed by atoms with Crippen LogP contribution >= 0.6 is 0 Å². The molecule has 1 unspecified atom stereocenters. The molecule has 0 saturated carbocycles. The quantitative estimate of drug-likeness (QED) is 0.843. The molecule has 1 N–H and O–H groups in total. The first kappa shape index (κ1) is 17.0. The summed E-state index contributed by atoms with van der Waals surface area (Å²) in [5.74, 6) is -1.21. The molecule has 0 aliphatic carbocycles. The van der Waals surface area contributed by atoms with Crippen molar-refractivity contribution < 1.29 is 24.2 Å². The van der Waals surface area contributed by atoms with Gasteiger partial charge in [0.25, 0.3) is 5.91 Å². The molecule has 0 fully saturated rings. The van der Waals surface area contributed by atoms with Crippen LogP contribution in [0.5, 0.6) is 5.75 Å². The maximum absolute atomic E-state index is 12.6. The van der Waals surface area contributed by atoms with Crippen LogP contribution in [0.4, 0.5) is 5.69 Å². The number of anilines is 1. The highest BCUT2D eigenvalue weighted by atomic mass is 16.5. The highest BCUT2D eigenvalue weighted by Gasteiger charge is 2.44. The van der Waals surface area contributed by atoms with Gasteiger partial charge in [0.15, 0.2) is 11.4 Å². The topological polar surface area (TPSA) is 83.9 Å². The van der Waals surface area contributed by atoms with Crippen molar-refractivity contribution in [3.8, 4) is 5.75 Å². The summed E-state index contributed by atoms with van der Waals surface area (Å²) < 4.78 is 5.69. The van der Waals surface area contributed by atoms with E-state index in [0.29, 0.717) is 29.8 Å². The minimum absolute atomic E-state index is 0.0458. The van der Waals surface area contributed by atoms with E-state index in [-0.39, 0.29) is 5.78 Å². The Kier molecular flexibility index (Phi) is 4.45. The van der Waals surface area contributed by atoms with Gasteiger partial charge in [-0.05, 0) is 45.4 Å². The highest BCUT2D eigenvalue weighted by molar-refractivity contribution is 6.07. The maximum Gasteiger partial charge on any atom is 0.326 e. The Labute approximate surface area is 135 Å². The molecule has 1 aromatic carbocycles. The Bertz CT molecular complexity index is 665. The zero-order valence-electron chi connectivity index (χ0n) is 13.8. The summed E-state index contributed by atoms with van der Waals surface area (Å²) in [6, 6.07) is 3.75. The van der Waals surface area contributed by atoms with Gasteiger partial charge in [0, 0.05) is 12.0 Å². The molecule has 1 aliphatic heterocycles. The van der Waals surface area contributed by atoms with Gasteiger partial charge in [-0.1, -0.05) is 6.92 Å². The molecule has 124 valence electrons. The van der Waals surface area contributed by atoms with Gasteiger partial charge in [0.1, 0.15) is 11.8 Å². The fraction of sp³-hybridized carbons (Fsp3) is 0.471. The number of carboxylic acids is 1. The van der Waals surface area contributed by atoms with Crippen molar-refractivity contribution >= 4 is 23.3 Å². The number of carbonyl (C=O) groups is 3. The molecule has 0 spiro atoms. The number of carbonyl (C=O) groups excluding carboxylic acids is 2. The molecule has 1 aromatic rings. The third-order valence-corrected chi connectivity index (χ3v) is 3.86. The number of amides is 1. The number of rotatable bonds is 5. The zero-order chi connectivity index (χ0) is 17.4. The minimum atomic E-state index is -1.16. The van der Waals surface area contributed by atoms with E-state index in [1.54, 1.807) is 32.0 Å². The minimum Gasteiger partial charge on any atom is -0.480 e. The smallest absolute Gasteiger partial charge is 0.326 e. The van der Waals surface area contributed by atoms with Gasteiger partial charge < -0.3 is 9.84 Å². The molecule has 1 amide bonds. The normalized spacial score (nSPS) is 17.2. The summed E-state index contributed by atoms with van der Waals surface area (Å²) in [5.41, 5.74) is -0.387. The highest BCUT2D eigenvalue weighted by Crippen LogP contribution is 2.39. The summed E-state index contributed by atoms with van der Waals surface area (Å²) in [7, 11) is 0. The average Bonchev–Trinajstić information content (AvgIpc) is 2.47. The van der Waals surface area contributed by atoms with Crippen LogP contribution in [0.25, 0.3) is 0 Å². The molecule has 0 bridgehead atoms. The number of fused-ring (bicyclic) bond motifs is 1. The van der Waals surface area contributed by atoms with E-state index in [9.17, 15) is 19.5 Å². The number of benzene rings is 1. The Morgan fingerprint density at radius 2 is 2.00 bits per heavy atom. The summed E-state index contributed by atoms with van der Waals surface area (Å²) in [6.07, 6.45) is 1.11. The first-order valence-electron chi connectivity index (χ1n) is 7.61. The number of nitrogens with zero attached hydrogens (tertiary/aromatic N) is 1. The molecular formula is C17H21NO5. The summed E-state index contributed by atoms with van der Waals surface area (Å²) in [6.45, 7) is 6.53. The molecule has 6 heteroatoms. The van der Waals surface area contributed by atoms with E-state index in [1.165, 1.54) is 11.8 Å². The number of Topliss-reactive ketones (excluding diaryl/α,β-unsaturated/α-hetero) is 1. The Balaban J connectivity index is 2.56. The second kappa shape index (κ2) is 6.02. The number of ether oxygens (including phenoxy) is 1. The van der Waals surface area contributed by atoms with Crippen molar-refractivity contribution in [2.24, 2.45) is 0 Å². The molecule has 2 rings (SSSR count). The second-order valence-corrected chi connectivity index (χ2v) is 6.16. The Morgan fingerprint density at radius 3 is 2.57 bits per heavy atom. The lowest BCUT2D eigenvalue weighted by atomic mass is 9.99. The first-order valence-corrected chi connectivity index (χ1v) is 7.61. The van der Waals surface area contributed by atoms with Gasteiger partial charge in [0.05, 0.1) is 5.69 Å². The molecule has 1 aliphatic rings. The molecule has 0 saturated heterocycles. The number of hydrogen-bond donors (Lipinski definition) is 1. The van der Waals surface area contributed by atoms with Crippen molar-refractivity contribution in [1.29, 1.82) is 0 Å². The molecular weight excluding hydrogens is 298 g/mol. The number of hydrogen-bond acceptors (Lipinski definition) is 4. The van der Waals surface area contributed by atoms with E-state index in [4.69, 9.17) is 4.74 Å². The van der Waals surface area contributed by atoms with Crippen molar-refractivity contribution in [1.82, 2.24) is 0 Å². The molecule has 1 heterocycles. The third-order valence-electron chi connectivity index (χ3n) is 3.86. The standard InChI is InChI=1S/C17H21NO5/c1-5-6-13(19)11-7-8-14-12(9-11)18(10(2)15(20)21)16(22)17(3,4)23-14/h7-10H,5-6H2,1-4H3,(H,20,21). The number of ketones is 1. The van der Waals surface area contributed by atoms with Gasteiger partial charge >= 0.3 is 5.97 Å². The fourth-order valence-corrected chi connectivity index (χ4v) is 2.55. The van der Waals surface area contributed by atoms with Crippen molar-refractivity contribution in [3.05, 3.63) is 23.8 Å². The van der Waals surface area contributed by atoms with Crippen LogP contribution < -0.4 is 9.64 Å². The van der Waals surface area contributed by atoms with Gasteiger partial charge in [-0.25, -0.2) is 4.79 Å². The monoisotopic (exact) mass is 319 g/mol. The van der Waals surface area contributed by atoms with E-state index >= 15 is 0 Å². The maximum atomic E-state index is 12.6. The lowest BCUT2D eigenvalue weighted by Gasteiger charge is -2.40. The predicted octanol–water partition coefficient (Wildman–Crippen LogP) is 2.65. The molecule has 0 aromatic heterocycles. The second-order valence-electron chi connectivity index (χ2n) is 6.16. The van der Waals surface area contributed by atoms with Crippen molar-refractivity contribution in [3.63, 3.8) is 0 Å². The van der Waals surface area contributed by atoms with Gasteiger partial charge in [0.2, 0.25) is 0 Å². The van der Waals surface area contributed by atoms with Gasteiger partial charge in [-0.3, -0.25) is 14.5 Å². The summed E-state index contributed by atoms with van der Waals surface area (Å²) in [4.78, 5) is 37.3. The Morgan fingerprint density at radius 1 is 1.35 bits per heavy atom. The third kappa shape index (κ3) is 3.06. The summed E-state index contributed by atoms with van der Waals surface area (Å²) >= 11 is 0. The predicted molar refractivity (Wildman–Crippen MR) is 85.0 cm³/mol. The van der Waals surface area contributed by atoms with Gasteiger partial charge in [-0.15, -0.1) is 0 Å². The van der Waals surface area contributed by atoms with Crippen molar-refractivity contribution in [2.45, 2.75) is 52.2 Å². The average molecular weight is 319 g/mol. The first-order chi connectivity index (χ1) is 10.7. The lowest BCUT2D eigenvalue weighted by molar-refractivity contribution is -0.142. The van der Waals surface area contributed by atoms with Crippen LogP contribution in [0.3, 0.4) is 0 Å². The molecule has 0 radical (unpaired) electrons. The van der Waals surface area contributed by atoms with Gasteiger partial charge in [-0.2, -0.15) is 0 Å². The van der Waals surface area contributed by atoms with E-state index in [0.717, 1.165) is 0 Å². The Hall–Kier alpha value is -2.37. The molecule has 1 atom stereocenters.